The molecule has 7 heteroatoms. The van der Waals surface area contributed by atoms with Crippen molar-refractivity contribution in [3.05, 3.63) is 28.0 Å². The van der Waals surface area contributed by atoms with Crippen LogP contribution in [0.5, 0.6) is 0 Å². The van der Waals surface area contributed by atoms with E-state index in [2.05, 4.69) is 31.9 Å². The average Bonchev–Trinajstić information content (AvgIpc) is 2.61. The number of hydrogen-bond donors (Lipinski definition) is 1. The second-order valence-electron chi connectivity index (χ2n) is 3.89. The fourth-order valence-corrected chi connectivity index (χ4v) is 2.74. The van der Waals surface area contributed by atoms with Gasteiger partial charge in [-0.1, -0.05) is 15.9 Å². The van der Waals surface area contributed by atoms with E-state index in [1.54, 1.807) is 0 Å². The third-order valence-corrected chi connectivity index (χ3v) is 3.86. The number of amides is 1. The summed E-state index contributed by atoms with van der Waals surface area (Å²) in [5.41, 5.74) is -0.00613. The van der Waals surface area contributed by atoms with Crippen molar-refractivity contribution in [2.45, 2.75) is 11.2 Å². The van der Waals surface area contributed by atoms with Gasteiger partial charge in [-0.05, 0) is 28.1 Å². The van der Waals surface area contributed by atoms with Gasteiger partial charge in [0.15, 0.2) is 0 Å². The molecule has 0 saturated carbocycles. The number of hydrogen-bond acceptors (Lipinski definition) is 2. The van der Waals surface area contributed by atoms with E-state index in [1.807, 2.05) is 0 Å². The third-order valence-electron chi connectivity index (χ3n) is 2.64. The number of nitrogens with zero attached hydrogens (tertiary/aromatic N) is 1. The molecule has 0 aliphatic carbocycles. The normalized spacial score (nSPS) is 19.4. The third kappa shape index (κ3) is 2.42. The van der Waals surface area contributed by atoms with Crippen molar-refractivity contribution < 1.29 is 19.1 Å². The largest absolute Gasteiger partial charge is 0.478 e. The lowest BCUT2D eigenvalue weighted by Crippen LogP contribution is -2.26. The summed E-state index contributed by atoms with van der Waals surface area (Å²) in [6, 6.07) is 2.23. The zero-order valence-electron chi connectivity index (χ0n) is 8.99. The van der Waals surface area contributed by atoms with Gasteiger partial charge in [0.05, 0.1) is 15.7 Å². The first-order valence-electron chi connectivity index (χ1n) is 5.07. The first kappa shape index (κ1) is 13.5. The standard InChI is InChI=1S/C11H8Br2FNO3/c12-5-1-10(16)15(4-5)9-3-8(14)7(13)2-6(9)11(17)18/h2-3,5H,1,4H2,(H,17,18). The summed E-state index contributed by atoms with van der Waals surface area (Å²) < 4.78 is 13.6. The highest BCUT2D eigenvalue weighted by atomic mass is 79.9. The second-order valence-corrected chi connectivity index (χ2v) is 6.04. The van der Waals surface area contributed by atoms with Crippen molar-refractivity contribution >= 4 is 49.4 Å². The summed E-state index contributed by atoms with van der Waals surface area (Å²) in [4.78, 5) is 24.1. The molecule has 1 amide bonds. The van der Waals surface area contributed by atoms with E-state index >= 15 is 0 Å². The molecule has 1 heterocycles. The van der Waals surface area contributed by atoms with Crippen molar-refractivity contribution in [1.29, 1.82) is 0 Å². The number of aromatic carboxylic acids is 1. The van der Waals surface area contributed by atoms with Crippen molar-refractivity contribution in [3.63, 3.8) is 0 Å². The molecular weight excluding hydrogens is 373 g/mol. The van der Waals surface area contributed by atoms with Crippen LogP contribution in [-0.4, -0.2) is 28.4 Å². The second kappa shape index (κ2) is 4.97. The Morgan fingerprint density at radius 3 is 2.67 bits per heavy atom. The molecule has 1 aromatic rings. The van der Waals surface area contributed by atoms with E-state index in [0.717, 1.165) is 6.07 Å². The van der Waals surface area contributed by atoms with Crippen LogP contribution in [0.3, 0.4) is 0 Å². The highest BCUT2D eigenvalue weighted by Gasteiger charge is 2.32. The predicted molar refractivity (Wildman–Crippen MR) is 70.7 cm³/mol. The molecular formula is C11H8Br2FNO3. The lowest BCUT2D eigenvalue weighted by molar-refractivity contribution is -0.117. The van der Waals surface area contributed by atoms with E-state index in [4.69, 9.17) is 5.11 Å². The lowest BCUT2D eigenvalue weighted by Gasteiger charge is -2.18. The summed E-state index contributed by atoms with van der Waals surface area (Å²) >= 11 is 6.23. The Kier molecular flexibility index (Phi) is 3.72. The van der Waals surface area contributed by atoms with Crippen LogP contribution in [-0.2, 0) is 4.79 Å². The first-order valence-corrected chi connectivity index (χ1v) is 6.77. The van der Waals surface area contributed by atoms with Gasteiger partial charge in [-0.15, -0.1) is 0 Å². The molecule has 96 valence electrons. The van der Waals surface area contributed by atoms with Gasteiger partial charge in [0.1, 0.15) is 5.82 Å². The van der Waals surface area contributed by atoms with Crippen molar-refractivity contribution in [3.8, 4) is 0 Å². The number of rotatable bonds is 2. The van der Waals surface area contributed by atoms with Gasteiger partial charge in [-0.3, -0.25) is 4.79 Å². The molecule has 1 saturated heterocycles. The monoisotopic (exact) mass is 379 g/mol. The van der Waals surface area contributed by atoms with Gasteiger partial charge in [-0.25, -0.2) is 9.18 Å². The summed E-state index contributed by atoms with van der Waals surface area (Å²) in [5, 5.41) is 9.10. The number of carbonyl (C=O) groups excluding carboxylic acids is 1. The fraction of sp³-hybridized carbons (Fsp3) is 0.273. The molecule has 18 heavy (non-hydrogen) atoms. The van der Waals surface area contributed by atoms with Crippen LogP contribution in [0.25, 0.3) is 0 Å². The maximum absolute atomic E-state index is 13.5. The van der Waals surface area contributed by atoms with Crippen LogP contribution in [0.1, 0.15) is 16.8 Å². The van der Waals surface area contributed by atoms with E-state index in [9.17, 15) is 14.0 Å². The smallest absolute Gasteiger partial charge is 0.337 e. The van der Waals surface area contributed by atoms with E-state index in [1.165, 1.54) is 11.0 Å². The summed E-state index contributed by atoms with van der Waals surface area (Å²) in [5.74, 6) is -2.02. The minimum atomic E-state index is -1.20. The van der Waals surface area contributed by atoms with Crippen LogP contribution in [0, 0.1) is 5.82 Å². The molecule has 2 rings (SSSR count). The molecule has 1 aliphatic heterocycles. The highest BCUT2D eigenvalue weighted by molar-refractivity contribution is 9.10. The number of alkyl halides is 1. The molecule has 0 bridgehead atoms. The van der Waals surface area contributed by atoms with Gasteiger partial charge >= 0.3 is 5.97 Å². The maximum atomic E-state index is 13.5. The zero-order valence-corrected chi connectivity index (χ0v) is 12.2. The topological polar surface area (TPSA) is 57.6 Å². The number of carbonyl (C=O) groups is 2. The van der Waals surface area contributed by atoms with Gasteiger partial charge < -0.3 is 10.0 Å². The Hall–Kier alpha value is -0.950. The minimum Gasteiger partial charge on any atom is -0.478 e. The molecule has 0 radical (unpaired) electrons. The highest BCUT2D eigenvalue weighted by Crippen LogP contribution is 2.31. The van der Waals surface area contributed by atoms with Crippen LogP contribution in [0.15, 0.2) is 16.6 Å². The molecule has 1 aliphatic rings. The minimum absolute atomic E-state index is 0.0432. The quantitative estimate of drug-likeness (QED) is 0.802. The number of carboxylic acid groups (broad SMARTS) is 1. The zero-order chi connectivity index (χ0) is 13.4. The molecule has 0 spiro atoms. The van der Waals surface area contributed by atoms with Gasteiger partial charge in [0.2, 0.25) is 5.91 Å². The molecule has 1 atom stereocenters. The van der Waals surface area contributed by atoms with E-state index in [0.29, 0.717) is 6.54 Å². The van der Waals surface area contributed by atoms with Crippen LogP contribution in [0.2, 0.25) is 0 Å². The summed E-state index contributed by atoms with van der Waals surface area (Å²) in [7, 11) is 0. The van der Waals surface area contributed by atoms with Crippen LogP contribution < -0.4 is 4.90 Å². The summed E-state index contributed by atoms with van der Waals surface area (Å²) in [6.45, 7) is 0.334. The van der Waals surface area contributed by atoms with Crippen molar-refractivity contribution in [2.24, 2.45) is 0 Å². The number of benzene rings is 1. The SMILES string of the molecule is O=C(O)c1cc(Br)c(F)cc1N1CC(Br)CC1=O. The van der Waals surface area contributed by atoms with Gasteiger partial charge in [0.25, 0.3) is 0 Å². The first-order chi connectivity index (χ1) is 8.40. The molecule has 1 N–H and O–H groups in total. The summed E-state index contributed by atoms with van der Waals surface area (Å²) in [6.07, 6.45) is 0.275. The predicted octanol–water partition coefficient (Wildman–Crippen LogP) is 2.79. The molecule has 1 fully saturated rings. The Bertz CT molecular complexity index is 535. The van der Waals surface area contributed by atoms with Gasteiger partial charge in [0, 0.05) is 17.8 Å². The Morgan fingerprint density at radius 2 is 2.17 bits per heavy atom. The molecule has 4 nitrogen and oxygen atoms in total. The molecule has 0 aromatic heterocycles. The number of halogens is 3. The number of anilines is 1. The fourth-order valence-electron chi connectivity index (χ4n) is 1.83. The van der Waals surface area contributed by atoms with Crippen molar-refractivity contribution in [1.82, 2.24) is 0 Å². The van der Waals surface area contributed by atoms with E-state index < -0.39 is 11.8 Å². The molecule has 1 aromatic carbocycles. The Balaban J connectivity index is 2.52. The van der Waals surface area contributed by atoms with Crippen LogP contribution >= 0.6 is 31.9 Å². The average molecular weight is 381 g/mol. The van der Waals surface area contributed by atoms with Gasteiger partial charge in [-0.2, -0.15) is 0 Å². The number of carboxylic acids is 1. The van der Waals surface area contributed by atoms with E-state index in [-0.39, 0.29) is 32.9 Å². The lowest BCUT2D eigenvalue weighted by atomic mass is 10.1. The Labute approximate surface area is 119 Å². The maximum Gasteiger partial charge on any atom is 0.337 e. The van der Waals surface area contributed by atoms with Crippen molar-refractivity contribution in [2.75, 3.05) is 11.4 Å². The Morgan fingerprint density at radius 1 is 1.50 bits per heavy atom. The molecule has 1 unspecified atom stereocenters. The van der Waals surface area contributed by atoms with Crippen LogP contribution in [0.4, 0.5) is 10.1 Å².